The van der Waals surface area contributed by atoms with E-state index in [4.69, 9.17) is 9.26 Å². The lowest BCUT2D eigenvalue weighted by atomic mass is 10.0. The Hall–Kier alpha value is -2.44. The molecule has 0 spiro atoms. The Kier molecular flexibility index (Phi) is 6.71. The van der Waals surface area contributed by atoms with Crippen LogP contribution in [0.25, 0.3) is 11.1 Å². The van der Waals surface area contributed by atoms with Gasteiger partial charge in [-0.2, -0.15) is 0 Å². The Morgan fingerprint density at radius 2 is 1.96 bits per heavy atom. The van der Waals surface area contributed by atoms with Crippen LogP contribution in [0.1, 0.15) is 61.8 Å². The molecule has 1 N–H and O–H groups in total. The zero-order valence-corrected chi connectivity index (χ0v) is 16.1. The third-order valence-electron chi connectivity index (χ3n) is 4.13. The van der Waals surface area contributed by atoms with Crippen molar-refractivity contribution in [1.29, 1.82) is 0 Å². The molecule has 0 aromatic carbocycles. The predicted molar refractivity (Wildman–Crippen MR) is 97.9 cm³/mol. The second-order valence-electron chi connectivity index (χ2n) is 7.13. The highest BCUT2D eigenvalue weighted by Gasteiger charge is 2.20. The first-order chi connectivity index (χ1) is 12.3. The van der Waals surface area contributed by atoms with Gasteiger partial charge >= 0.3 is 5.97 Å². The summed E-state index contributed by atoms with van der Waals surface area (Å²) in [6, 6.07) is 1.66. The average Bonchev–Trinajstić information content (AvgIpc) is 2.92. The summed E-state index contributed by atoms with van der Waals surface area (Å²) in [4.78, 5) is 28.6. The lowest BCUT2D eigenvalue weighted by Gasteiger charge is -2.14. The van der Waals surface area contributed by atoms with Crippen LogP contribution in [0, 0.1) is 19.8 Å². The average molecular weight is 361 g/mol. The summed E-state index contributed by atoms with van der Waals surface area (Å²) in [7, 11) is 0. The maximum Gasteiger partial charge on any atom is 0.339 e. The Labute approximate surface area is 153 Å². The van der Waals surface area contributed by atoms with E-state index in [-0.39, 0.29) is 24.3 Å². The number of hydrogen-bond donors (Lipinski definition) is 1. The van der Waals surface area contributed by atoms with Crippen molar-refractivity contribution in [3.05, 3.63) is 23.0 Å². The van der Waals surface area contributed by atoms with Crippen LogP contribution >= 0.6 is 0 Å². The number of esters is 1. The monoisotopic (exact) mass is 361 g/mol. The molecule has 0 bridgehead atoms. The van der Waals surface area contributed by atoms with E-state index in [9.17, 15) is 9.59 Å². The van der Waals surface area contributed by atoms with Gasteiger partial charge in [0.05, 0.1) is 16.6 Å². The molecule has 1 amide bonds. The maximum absolute atomic E-state index is 12.4. The highest BCUT2D eigenvalue weighted by molar-refractivity contribution is 6.03. The van der Waals surface area contributed by atoms with Crippen molar-refractivity contribution in [2.75, 3.05) is 6.61 Å². The third kappa shape index (κ3) is 5.28. The van der Waals surface area contributed by atoms with Crippen molar-refractivity contribution in [3.8, 4) is 0 Å². The number of hydrogen-bond acceptors (Lipinski definition) is 6. The van der Waals surface area contributed by atoms with Crippen molar-refractivity contribution >= 4 is 23.0 Å². The number of rotatable bonds is 8. The first-order valence-electron chi connectivity index (χ1n) is 8.98. The standard InChI is InChI=1S/C19H27N3O4/c1-11(2)7-6-8-12(3)20-16(23)10-25-19(24)15-9-13(4)21-18-17(15)14(5)22-26-18/h9,11-12H,6-8,10H2,1-5H3,(H,20,23). The summed E-state index contributed by atoms with van der Waals surface area (Å²) in [6.07, 6.45) is 3.09. The van der Waals surface area contributed by atoms with E-state index in [1.165, 1.54) is 0 Å². The molecule has 0 aliphatic rings. The number of fused-ring (bicyclic) bond motifs is 1. The van der Waals surface area contributed by atoms with Crippen molar-refractivity contribution in [2.24, 2.45) is 5.92 Å². The summed E-state index contributed by atoms with van der Waals surface area (Å²) in [5.41, 5.74) is 1.77. The minimum Gasteiger partial charge on any atom is -0.452 e. The number of amides is 1. The van der Waals surface area contributed by atoms with Gasteiger partial charge in [-0.25, -0.2) is 9.78 Å². The number of aromatic nitrogens is 2. The fraction of sp³-hybridized carbons (Fsp3) is 0.579. The van der Waals surface area contributed by atoms with Crippen LogP contribution in [0.15, 0.2) is 10.6 Å². The van der Waals surface area contributed by atoms with Gasteiger partial charge in [-0.1, -0.05) is 31.8 Å². The first-order valence-corrected chi connectivity index (χ1v) is 8.98. The van der Waals surface area contributed by atoms with Crippen LogP contribution in [0.4, 0.5) is 0 Å². The zero-order valence-electron chi connectivity index (χ0n) is 16.1. The van der Waals surface area contributed by atoms with E-state index in [0.717, 1.165) is 19.3 Å². The number of pyridine rings is 1. The lowest BCUT2D eigenvalue weighted by molar-refractivity contribution is -0.124. The van der Waals surface area contributed by atoms with Crippen LogP contribution in [-0.2, 0) is 9.53 Å². The lowest BCUT2D eigenvalue weighted by Crippen LogP contribution is -2.35. The molecular formula is C19H27N3O4. The molecule has 7 nitrogen and oxygen atoms in total. The van der Waals surface area contributed by atoms with E-state index in [0.29, 0.717) is 28.3 Å². The van der Waals surface area contributed by atoms with Crippen LogP contribution in [0.3, 0.4) is 0 Å². The number of nitrogens with zero attached hydrogens (tertiary/aromatic N) is 2. The SMILES string of the molecule is Cc1cc(C(=O)OCC(=O)NC(C)CCCC(C)C)c2c(C)noc2n1. The second kappa shape index (κ2) is 8.78. The summed E-state index contributed by atoms with van der Waals surface area (Å²) < 4.78 is 10.3. The van der Waals surface area contributed by atoms with Crippen LogP contribution in [-0.4, -0.2) is 34.7 Å². The number of carbonyl (C=O) groups is 2. The van der Waals surface area contributed by atoms with Crippen LogP contribution in [0.5, 0.6) is 0 Å². The van der Waals surface area contributed by atoms with E-state index in [1.54, 1.807) is 19.9 Å². The van der Waals surface area contributed by atoms with Gasteiger partial charge in [-0.05, 0) is 39.2 Å². The van der Waals surface area contributed by atoms with Gasteiger partial charge in [-0.15, -0.1) is 0 Å². The molecule has 0 saturated heterocycles. The highest BCUT2D eigenvalue weighted by atomic mass is 16.5. The summed E-state index contributed by atoms with van der Waals surface area (Å²) in [5, 5.41) is 7.20. The fourth-order valence-electron chi connectivity index (χ4n) is 2.81. The minimum absolute atomic E-state index is 0.0511. The molecule has 1 atom stereocenters. The van der Waals surface area contributed by atoms with Crippen LogP contribution < -0.4 is 5.32 Å². The van der Waals surface area contributed by atoms with Gasteiger partial charge < -0.3 is 14.6 Å². The predicted octanol–water partition coefficient (Wildman–Crippen LogP) is 3.33. The molecule has 0 saturated carbocycles. The Morgan fingerprint density at radius 1 is 1.23 bits per heavy atom. The van der Waals surface area contributed by atoms with Crippen molar-refractivity contribution in [1.82, 2.24) is 15.5 Å². The Morgan fingerprint density at radius 3 is 2.65 bits per heavy atom. The molecule has 142 valence electrons. The summed E-state index contributed by atoms with van der Waals surface area (Å²) in [6.45, 7) is 9.47. The molecule has 0 aliphatic carbocycles. The highest BCUT2D eigenvalue weighted by Crippen LogP contribution is 2.22. The molecule has 7 heteroatoms. The zero-order chi connectivity index (χ0) is 19.3. The molecule has 0 aliphatic heterocycles. The number of aryl methyl sites for hydroxylation is 2. The molecule has 2 aromatic rings. The fourth-order valence-corrected chi connectivity index (χ4v) is 2.81. The molecule has 2 rings (SSSR count). The van der Waals surface area contributed by atoms with Crippen molar-refractivity contribution < 1.29 is 18.8 Å². The van der Waals surface area contributed by atoms with E-state index in [1.807, 2.05) is 6.92 Å². The molecule has 0 fully saturated rings. The molecule has 0 radical (unpaired) electrons. The van der Waals surface area contributed by atoms with Crippen LogP contribution in [0.2, 0.25) is 0 Å². The number of nitrogens with one attached hydrogen (secondary N) is 1. The van der Waals surface area contributed by atoms with Crippen molar-refractivity contribution in [3.63, 3.8) is 0 Å². The Balaban J connectivity index is 1.91. The van der Waals surface area contributed by atoms with Gasteiger partial charge in [-0.3, -0.25) is 4.79 Å². The van der Waals surface area contributed by atoms with Gasteiger partial charge in [0, 0.05) is 11.7 Å². The molecule has 2 heterocycles. The van der Waals surface area contributed by atoms with Gasteiger partial charge in [0.15, 0.2) is 6.61 Å². The molecule has 26 heavy (non-hydrogen) atoms. The van der Waals surface area contributed by atoms with Crippen molar-refractivity contribution in [2.45, 2.75) is 59.9 Å². The second-order valence-corrected chi connectivity index (χ2v) is 7.13. The Bertz CT molecular complexity index is 782. The van der Waals surface area contributed by atoms with Gasteiger partial charge in [0.1, 0.15) is 0 Å². The molecular weight excluding hydrogens is 334 g/mol. The number of carbonyl (C=O) groups excluding carboxylic acids is 2. The van der Waals surface area contributed by atoms with Gasteiger partial charge in [0.25, 0.3) is 11.6 Å². The normalized spacial score (nSPS) is 12.4. The van der Waals surface area contributed by atoms with E-state index < -0.39 is 5.97 Å². The summed E-state index contributed by atoms with van der Waals surface area (Å²) in [5.74, 6) is -0.241. The maximum atomic E-state index is 12.4. The van der Waals surface area contributed by atoms with E-state index in [2.05, 4.69) is 29.3 Å². The van der Waals surface area contributed by atoms with Gasteiger partial charge in [0.2, 0.25) is 0 Å². The van der Waals surface area contributed by atoms with E-state index >= 15 is 0 Å². The largest absolute Gasteiger partial charge is 0.452 e. The molecule has 1 unspecified atom stereocenters. The smallest absolute Gasteiger partial charge is 0.339 e. The topological polar surface area (TPSA) is 94.3 Å². The first kappa shape index (κ1) is 19.9. The minimum atomic E-state index is -0.589. The summed E-state index contributed by atoms with van der Waals surface area (Å²) >= 11 is 0. The quantitative estimate of drug-likeness (QED) is 0.725. The number of ether oxygens (including phenoxy) is 1. The third-order valence-corrected chi connectivity index (χ3v) is 4.13. The molecule has 2 aromatic heterocycles.